The molecule has 1 spiro atoms. The summed E-state index contributed by atoms with van der Waals surface area (Å²) in [5.74, 6) is -0.459. The molecule has 0 saturated carbocycles. The Morgan fingerprint density at radius 1 is 1.22 bits per heavy atom. The van der Waals surface area contributed by atoms with Gasteiger partial charge in [0.25, 0.3) is 0 Å². The third-order valence-electron chi connectivity index (χ3n) is 4.79. The van der Waals surface area contributed by atoms with Crippen molar-refractivity contribution < 1.29 is 22.3 Å². The molecule has 128 valence electrons. The quantitative estimate of drug-likeness (QED) is 0.889. The Balaban J connectivity index is 1.94. The predicted molar refractivity (Wildman–Crippen MR) is 82.8 cm³/mol. The van der Waals surface area contributed by atoms with Gasteiger partial charge in [0.15, 0.2) is 11.5 Å². The van der Waals surface area contributed by atoms with E-state index in [1.807, 2.05) is 0 Å². The molecule has 0 amide bonds. The van der Waals surface area contributed by atoms with E-state index in [-0.39, 0.29) is 21.8 Å². The van der Waals surface area contributed by atoms with Crippen molar-refractivity contribution in [3.63, 3.8) is 0 Å². The van der Waals surface area contributed by atoms with Gasteiger partial charge in [-0.1, -0.05) is 0 Å². The molecule has 0 bridgehead atoms. The molecule has 3 rings (SSSR count). The highest BCUT2D eigenvalue weighted by atomic mass is 32.2. The number of ether oxygens (including phenoxy) is 2. The minimum absolute atomic E-state index is 0.0138. The molecule has 1 aromatic rings. The minimum Gasteiger partial charge on any atom is -0.493 e. The Bertz CT molecular complexity index is 702. The molecule has 2 heterocycles. The van der Waals surface area contributed by atoms with E-state index in [2.05, 4.69) is 5.32 Å². The van der Waals surface area contributed by atoms with Gasteiger partial charge in [0.05, 0.1) is 14.2 Å². The van der Waals surface area contributed by atoms with Crippen molar-refractivity contribution in [1.82, 2.24) is 9.62 Å². The van der Waals surface area contributed by atoms with Gasteiger partial charge in [-0.25, -0.2) is 12.8 Å². The molecule has 0 aromatic heterocycles. The van der Waals surface area contributed by atoms with Crippen molar-refractivity contribution in [3.05, 3.63) is 17.9 Å². The SMILES string of the molecule is COc1cc(F)c(S(=O)(=O)N2CCC3(CCNC3)C2)cc1OC. The molecule has 8 heteroatoms. The molecular formula is C15H21FN2O4S. The molecule has 1 unspecified atom stereocenters. The van der Waals surface area contributed by atoms with Crippen LogP contribution in [0, 0.1) is 11.2 Å². The van der Waals surface area contributed by atoms with Crippen molar-refractivity contribution in [2.45, 2.75) is 17.7 Å². The van der Waals surface area contributed by atoms with Crippen LogP contribution in [-0.2, 0) is 10.0 Å². The summed E-state index contributed by atoms with van der Waals surface area (Å²) in [5.41, 5.74) is -0.0138. The number of halogens is 1. The first-order chi connectivity index (χ1) is 10.9. The van der Waals surface area contributed by atoms with Crippen LogP contribution in [0.2, 0.25) is 0 Å². The Morgan fingerprint density at radius 3 is 2.52 bits per heavy atom. The van der Waals surface area contributed by atoms with Gasteiger partial charge in [-0.2, -0.15) is 4.31 Å². The molecule has 2 aliphatic heterocycles. The summed E-state index contributed by atoms with van der Waals surface area (Å²) in [4.78, 5) is -0.363. The van der Waals surface area contributed by atoms with Gasteiger partial charge in [-0.3, -0.25) is 0 Å². The van der Waals surface area contributed by atoms with E-state index >= 15 is 0 Å². The fourth-order valence-electron chi connectivity index (χ4n) is 3.42. The monoisotopic (exact) mass is 344 g/mol. The highest BCUT2D eigenvalue weighted by molar-refractivity contribution is 7.89. The highest BCUT2D eigenvalue weighted by Crippen LogP contribution is 2.40. The number of nitrogens with zero attached hydrogens (tertiary/aromatic N) is 1. The van der Waals surface area contributed by atoms with E-state index in [4.69, 9.17) is 9.47 Å². The first-order valence-electron chi connectivity index (χ1n) is 7.54. The van der Waals surface area contributed by atoms with Crippen LogP contribution < -0.4 is 14.8 Å². The molecular weight excluding hydrogens is 323 g/mol. The van der Waals surface area contributed by atoms with Crippen molar-refractivity contribution >= 4 is 10.0 Å². The van der Waals surface area contributed by atoms with E-state index in [1.54, 1.807) is 0 Å². The fraction of sp³-hybridized carbons (Fsp3) is 0.600. The van der Waals surface area contributed by atoms with E-state index < -0.39 is 15.8 Å². The summed E-state index contributed by atoms with van der Waals surface area (Å²) in [6.07, 6.45) is 1.75. The lowest BCUT2D eigenvalue weighted by atomic mass is 9.87. The van der Waals surface area contributed by atoms with Crippen LogP contribution >= 0.6 is 0 Å². The first kappa shape index (κ1) is 16.5. The Kier molecular flexibility index (Phi) is 4.24. The van der Waals surface area contributed by atoms with Crippen molar-refractivity contribution in [2.24, 2.45) is 5.41 Å². The third-order valence-corrected chi connectivity index (χ3v) is 6.65. The molecule has 23 heavy (non-hydrogen) atoms. The minimum atomic E-state index is -3.90. The van der Waals surface area contributed by atoms with Gasteiger partial charge in [0.1, 0.15) is 10.7 Å². The number of benzene rings is 1. The van der Waals surface area contributed by atoms with Crippen molar-refractivity contribution in [1.29, 1.82) is 0 Å². The first-order valence-corrected chi connectivity index (χ1v) is 8.98. The molecule has 0 aliphatic carbocycles. The average Bonchev–Trinajstić information content (AvgIpc) is 3.17. The zero-order chi connectivity index (χ0) is 16.7. The lowest BCUT2D eigenvalue weighted by Gasteiger charge is -2.23. The maximum atomic E-state index is 14.3. The maximum Gasteiger partial charge on any atom is 0.246 e. The predicted octanol–water partition coefficient (Wildman–Crippen LogP) is 1.22. The van der Waals surface area contributed by atoms with Crippen molar-refractivity contribution in [2.75, 3.05) is 40.4 Å². The Hall–Kier alpha value is -1.38. The standard InChI is InChI=1S/C15H21FN2O4S/c1-21-12-7-11(16)14(8-13(12)22-2)23(19,20)18-6-4-15(10-18)3-5-17-9-15/h7-8,17H,3-6,9-10H2,1-2H3. The molecule has 6 nitrogen and oxygen atoms in total. The highest BCUT2D eigenvalue weighted by Gasteiger charge is 2.45. The number of nitrogens with one attached hydrogen (secondary N) is 1. The summed E-state index contributed by atoms with van der Waals surface area (Å²) in [6, 6.07) is 2.25. The van der Waals surface area contributed by atoms with Crippen LogP contribution in [0.25, 0.3) is 0 Å². The molecule has 2 aliphatic rings. The summed E-state index contributed by atoms with van der Waals surface area (Å²) in [7, 11) is -1.13. The second-order valence-corrected chi connectivity index (χ2v) is 8.06. The largest absolute Gasteiger partial charge is 0.493 e. The zero-order valence-corrected chi connectivity index (χ0v) is 14.1. The molecule has 1 N–H and O–H groups in total. The van der Waals surface area contributed by atoms with Crippen LogP contribution in [0.5, 0.6) is 11.5 Å². The third kappa shape index (κ3) is 2.79. The van der Waals surface area contributed by atoms with Crippen LogP contribution in [0.15, 0.2) is 17.0 Å². The van der Waals surface area contributed by atoms with E-state index in [0.29, 0.717) is 13.1 Å². The fourth-order valence-corrected chi connectivity index (χ4v) is 5.03. The van der Waals surface area contributed by atoms with E-state index in [9.17, 15) is 12.8 Å². The second kappa shape index (κ2) is 5.92. The number of methoxy groups -OCH3 is 2. The van der Waals surface area contributed by atoms with Crippen LogP contribution in [0.4, 0.5) is 4.39 Å². The smallest absolute Gasteiger partial charge is 0.246 e. The second-order valence-electron chi connectivity index (χ2n) is 6.15. The zero-order valence-electron chi connectivity index (χ0n) is 13.3. The van der Waals surface area contributed by atoms with E-state index in [0.717, 1.165) is 32.0 Å². The molecule has 2 fully saturated rings. The average molecular weight is 344 g/mol. The topological polar surface area (TPSA) is 67.9 Å². The molecule has 0 radical (unpaired) electrons. The number of sulfonamides is 1. The van der Waals surface area contributed by atoms with Crippen LogP contribution in [0.1, 0.15) is 12.8 Å². The van der Waals surface area contributed by atoms with Crippen molar-refractivity contribution in [3.8, 4) is 11.5 Å². The van der Waals surface area contributed by atoms with Gasteiger partial charge in [0.2, 0.25) is 10.0 Å². The molecule has 2 saturated heterocycles. The van der Waals surface area contributed by atoms with E-state index in [1.165, 1.54) is 24.6 Å². The number of hydrogen-bond acceptors (Lipinski definition) is 5. The maximum absolute atomic E-state index is 14.3. The van der Waals surface area contributed by atoms with Crippen LogP contribution in [-0.4, -0.2) is 53.1 Å². The normalized spacial score (nSPS) is 25.2. The Labute approximate surface area is 135 Å². The molecule has 1 atom stereocenters. The van der Waals surface area contributed by atoms with Gasteiger partial charge in [-0.15, -0.1) is 0 Å². The lowest BCUT2D eigenvalue weighted by molar-refractivity contribution is 0.336. The van der Waals surface area contributed by atoms with Gasteiger partial charge in [0, 0.05) is 31.8 Å². The van der Waals surface area contributed by atoms with Gasteiger partial charge < -0.3 is 14.8 Å². The van der Waals surface area contributed by atoms with Gasteiger partial charge in [-0.05, 0) is 24.8 Å². The number of hydrogen-bond donors (Lipinski definition) is 1. The summed E-state index contributed by atoms with van der Waals surface area (Å²) in [5, 5.41) is 3.28. The van der Waals surface area contributed by atoms with Crippen LogP contribution in [0.3, 0.4) is 0 Å². The lowest BCUT2D eigenvalue weighted by Crippen LogP contribution is -2.33. The summed E-state index contributed by atoms with van der Waals surface area (Å²) >= 11 is 0. The molecule has 1 aromatic carbocycles. The van der Waals surface area contributed by atoms with Gasteiger partial charge >= 0.3 is 0 Å². The summed E-state index contributed by atoms with van der Waals surface area (Å²) in [6.45, 7) is 2.56. The number of rotatable bonds is 4. The Morgan fingerprint density at radius 2 is 1.91 bits per heavy atom. The summed E-state index contributed by atoms with van der Waals surface area (Å²) < 4.78 is 51.5.